The molecule has 1 saturated heterocycles. The Hall–Kier alpha value is -1.23. The van der Waals surface area contributed by atoms with Crippen LogP contribution in [0.25, 0.3) is 0 Å². The van der Waals surface area contributed by atoms with Gasteiger partial charge in [0.05, 0.1) is 16.6 Å². The fraction of sp³-hybridized carbons (Fsp3) is 0.250. The zero-order valence-electron chi connectivity index (χ0n) is 9.97. The Kier molecular flexibility index (Phi) is 4.58. The highest BCUT2D eigenvalue weighted by Crippen LogP contribution is 2.38. The van der Waals surface area contributed by atoms with E-state index in [0.717, 1.165) is 11.8 Å². The molecule has 1 N–H and O–H groups in total. The van der Waals surface area contributed by atoms with Crippen LogP contribution in [0.2, 0.25) is 5.02 Å². The molecule has 2 rings (SSSR count). The number of benzene rings is 1. The van der Waals surface area contributed by atoms with Crippen LogP contribution in [-0.2, 0) is 9.59 Å². The van der Waals surface area contributed by atoms with Gasteiger partial charge in [-0.1, -0.05) is 11.6 Å². The third-order valence-electron chi connectivity index (χ3n) is 2.92. The van der Waals surface area contributed by atoms with Crippen LogP contribution in [0.5, 0.6) is 0 Å². The highest BCUT2D eigenvalue weighted by atomic mass is 79.9. The van der Waals surface area contributed by atoms with Crippen molar-refractivity contribution >= 4 is 56.9 Å². The Bertz CT molecular complexity index is 632. The first kappa shape index (κ1) is 15.2. The van der Waals surface area contributed by atoms with Crippen molar-refractivity contribution in [2.24, 2.45) is 5.92 Å². The maximum absolute atomic E-state index is 11.9. The second kappa shape index (κ2) is 6.04. The number of aliphatic carboxylic acids is 1. The van der Waals surface area contributed by atoms with Gasteiger partial charge in [0, 0.05) is 22.3 Å². The summed E-state index contributed by atoms with van der Waals surface area (Å²) in [5.74, 6) is -1.98. The summed E-state index contributed by atoms with van der Waals surface area (Å²) in [4.78, 5) is 24.9. The second-order valence-electron chi connectivity index (χ2n) is 4.17. The lowest BCUT2D eigenvalue weighted by atomic mass is 10.1. The number of anilines is 1. The van der Waals surface area contributed by atoms with Crippen molar-refractivity contribution in [1.82, 2.24) is 0 Å². The zero-order chi connectivity index (χ0) is 14.9. The maximum Gasteiger partial charge on any atom is 0.308 e. The molecule has 0 bridgehead atoms. The topological polar surface area (TPSA) is 81.4 Å². The van der Waals surface area contributed by atoms with Gasteiger partial charge in [0.25, 0.3) is 0 Å². The summed E-state index contributed by atoms with van der Waals surface area (Å²) >= 11 is 10.4. The standard InChI is InChI=1S/C12H8BrClN2O3S/c13-7-2-9(8(14)3-10(7)20-5-15)16-4-6(12(18)19)1-11(16)17/h2-3,6H,1,4H2,(H,18,19). The normalized spacial score (nSPS) is 18.1. The third-order valence-corrected chi connectivity index (χ3v) is 4.79. The summed E-state index contributed by atoms with van der Waals surface area (Å²) in [5.41, 5.74) is 0.453. The average Bonchev–Trinajstić information content (AvgIpc) is 2.76. The predicted molar refractivity (Wildman–Crippen MR) is 78.7 cm³/mol. The van der Waals surface area contributed by atoms with Gasteiger partial charge >= 0.3 is 5.97 Å². The van der Waals surface area contributed by atoms with E-state index in [2.05, 4.69) is 15.9 Å². The molecule has 1 fully saturated rings. The molecule has 1 aromatic carbocycles. The predicted octanol–water partition coefficient (Wildman–Crippen LogP) is 3.11. The highest BCUT2D eigenvalue weighted by molar-refractivity contribution is 9.10. The number of hydrogen-bond acceptors (Lipinski definition) is 4. The smallest absolute Gasteiger partial charge is 0.308 e. The number of hydrogen-bond donors (Lipinski definition) is 1. The van der Waals surface area contributed by atoms with Crippen molar-refractivity contribution in [3.05, 3.63) is 21.6 Å². The summed E-state index contributed by atoms with van der Waals surface area (Å²) in [6, 6.07) is 3.21. The van der Waals surface area contributed by atoms with Crippen molar-refractivity contribution in [2.45, 2.75) is 11.3 Å². The minimum atomic E-state index is -0.993. The lowest BCUT2D eigenvalue weighted by Crippen LogP contribution is -2.26. The quantitative estimate of drug-likeness (QED) is 0.648. The first-order valence-electron chi connectivity index (χ1n) is 5.52. The molecule has 0 aliphatic carbocycles. The molecule has 1 unspecified atom stereocenters. The van der Waals surface area contributed by atoms with E-state index in [4.69, 9.17) is 22.0 Å². The summed E-state index contributed by atoms with van der Waals surface area (Å²) in [6.07, 6.45) is -0.0298. The Morgan fingerprint density at radius 2 is 2.30 bits per heavy atom. The lowest BCUT2D eigenvalue weighted by Gasteiger charge is -2.18. The van der Waals surface area contributed by atoms with Gasteiger partial charge < -0.3 is 10.0 Å². The number of rotatable bonds is 3. The molecule has 1 aliphatic heterocycles. The van der Waals surface area contributed by atoms with E-state index in [1.54, 1.807) is 12.1 Å². The number of carboxylic acids is 1. The Morgan fingerprint density at radius 3 is 2.85 bits per heavy atom. The molecule has 104 valence electrons. The van der Waals surface area contributed by atoms with E-state index in [9.17, 15) is 9.59 Å². The van der Waals surface area contributed by atoms with E-state index in [-0.39, 0.29) is 18.9 Å². The molecule has 0 spiro atoms. The van der Waals surface area contributed by atoms with Crippen molar-refractivity contribution in [1.29, 1.82) is 5.26 Å². The van der Waals surface area contributed by atoms with Crippen molar-refractivity contribution in [3.63, 3.8) is 0 Å². The van der Waals surface area contributed by atoms with E-state index in [1.807, 2.05) is 5.40 Å². The number of carbonyl (C=O) groups is 2. The molecular weight excluding hydrogens is 368 g/mol. The minimum absolute atomic E-state index is 0.0298. The minimum Gasteiger partial charge on any atom is -0.481 e. The van der Waals surface area contributed by atoms with Crippen LogP contribution < -0.4 is 4.90 Å². The van der Waals surface area contributed by atoms with E-state index >= 15 is 0 Å². The van der Waals surface area contributed by atoms with Crippen LogP contribution in [0.3, 0.4) is 0 Å². The molecule has 1 atom stereocenters. The lowest BCUT2D eigenvalue weighted by molar-refractivity contribution is -0.141. The van der Waals surface area contributed by atoms with Crippen molar-refractivity contribution in [2.75, 3.05) is 11.4 Å². The Morgan fingerprint density at radius 1 is 1.60 bits per heavy atom. The zero-order valence-corrected chi connectivity index (χ0v) is 13.1. The molecule has 1 aromatic rings. The number of thiocyanates is 1. The van der Waals surface area contributed by atoms with Crippen LogP contribution >= 0.6 is 39.3 Å². The summed E-state index contributed by atoms with van der Waals surface area (Å²) < 4.78 is 0.634. The fourth-order valence-electron chi connectivity index (χ4n) is 1.96. The Balaban J connectivity index is 2.35. The van der Waals surface area contributed by atoms with Crippen LogP contribution in [-0.4, -0.2) is 23.5 Å². The van der Waals surface area contributed by atoms with E-state index in [1.165, 1.54) is 4.90 Å². The van der Waals surface area contributed by atoms with Gasteiger partial charge in [0.1, 0.15) is 5.40 Å². The number of nitriles is 1. The largest absolute Gasteiger partial charge is 0.481 e. The molecular formula is C12H8BrClN2O3S. The van der Waals surface area contributed by atoms with Crippen LogP contribution in [0, 0.1) is 16.6 Å². The van der Waals surface area contributed by atoms with E-state index in [0.29, 0.717) is 20.1 Å². The van der Waals surface area contributed by atoms with Gasteiger partial charge in [-0.05, 0) is 39.8 Å². The maximum atomic E-state index is 11.9. The molecule has 0 radical (unpaired) electrons. The van der Waals surface area contributed by atoms with Gasteiger partial charge in [-0.2, -0.15) is 5.26 Å². The SMILES string of the molecule is N#CSc1cc(Cl)c(N2CC(C(=O)O)CC2=O)cc1Br. The molecule has 20 heavy (non-hydrogen) atoms. The first-order valence-corrected chi connectivity index (χ1v) is 7.51. The summed E-state index contributed by atoms with van der Waals surface area (Å²) in [6.45, 7) is 0.102. The number of carboxylic acid groups (broad SMARTS) is 1. The summed E-state index contributed by atoms with van der Waals surface area (Å²) in [7, 11) is 0. The highest BCUT2D eigenvalue weighted by Gasteiger charge is 2.36. The van der Waals surface area contributed by atoms with Crippen LogP contribution in [0.4, 0.5) is 5.69 Å². The molecule has 8 heteroatoms. The first-order chi connectivity index (χ1) is 9.43. The van der Waals surface area contributed by atoms with Crippen molar-refractivity contribution < 1.29 is 14.7 Å². The van der Waals surface area contributed by atoms with Crippen LogP contribution in [0.15, 0.2) is 21.5 Å². The average molecular weight is 376 g/mol. The van der Waals surface area contributed by atoms with Crippen LogP contribution in [0.1, 0.15) is 6.42 Å². The number of nitrogens with zero attached hydrogens (tertiary/aromatic N) is 2. The van der Waals surface area contributed by atoms with Crippen molar-refractivity contribution in [3.8, 4) is 5.40 Å². The number of carbonyl (C=O) groups excluding carboxylic acids is 1. The molecule has 1 amide bonds. The third kappa shape index (κ3) is 2.92. The second-order valence-corrected chi connectivity index (χ2v) is 6.26. The van der Waals surface area contributed by atoms with Gasteiger partial charge in [0.15, 0.2) is 0 Å². The number of thioether (sulfide) groups is 1. The molecule has 0 saturated carbocycles. The summed E-state index contributed by atoms with van der Waals surface area (Å²) in [5, 5.41) is 19.9. The fourth-order valence-corrected chi connectivity index (χ4v) is 3.29. The Labute approximate surface area is 132 Å². The van der Waals surface area contributed by atoms with Gasteiger partial charge in [0.2, 0.25) is 5.91 Å². The number of halogens is 2. The van der Waals surface area contributed by atoms with Gasteiger partial charge in [-0.25, -0.2) is 0 Å². The molecule has 1 aliphatic rings. The van der Waals surface area contributed by atoms with Gasteiger partial charge in [-0.15, -0.1) is 0 Å². The molecule has 1 heterocycles. The van der Waals surface area contributed by atoms with Gasteiger partial charge in [-0.3, -0.25) is 9.59 Å². The molecule has 0 aromatic heterocycles. The van der Waals surface area contributed by atoms with E-state index < -0.39 is 11.9 Å². The molecule has 5 nitrogen and oxygen atoms in total. The monoisotopic (exact) mass is 374 g/mol. The number of amides is 1.